The Morgan fingerprint density at radius 2 is 1.76 bits per heavy atom. The molecule has 1 atom stereocenters. The van der Waals surface area contributed by atoms with Gasteiger partial charge in [-0.3, -0.25) is 0 Å². The predicted molar refractivity (Wildman–Crippen MR) is 86.9 cm³/mol. The van der Waals surface area contributed by atoms with E-state index in [0.29, 0.717) is 12.0 Å². The molecule has 0 aromatic heterocycles. The van der Waals surface area contributed by atoms with Gasteiger partial charge in [-0.15, -0.1) is 0 Å². The van der Waals surface area contributed by atoms with E-state index >= 15 is 0 Å². The van der Waals surface area contributed by atoms with E-state index in [2.05, 4.69) is 59.9 Å². The fraction of sp³-hybridized carbons (Fsp3) is 0.368. The first kappa shape index (κ1) is 14.2. The summed E-state index contributed by atoms with van der Waals surface area (Å²) in [5.74, 6) is 1.51. The number of hydrogen-bond donors (Lipinski definition) is 1. The number of likely N-dealkylation sites (N-methyl/N-ethyl adjacent to an activating group) is 1. The zero-order valence-corrected chi connectivity index (χ0v) is 12.6. The summed E-state index contributed by atoms with van der Waals surface area (Å²) >= 11 is 0. The molecule has 3 rings (SSSR count). The van der Waals surface area contributed by atoms with E-state index in [0.717, 1.165) is 18.7 Å². The second-order valence-corrected chi connectivity index (χ2v) is 5.83. The number of ether oxygens (including phenoxy) is 1. The van der Waals surface area contributed by atoms with Gasteiger partial charge in [-0.1, -0.05) is 42.5 Å². The van der Waals surface area contributed by atoms with Crippen LogP contribution in [0.1, 0.15) is 29.9 Å². The summed E-state index contributed by atoms with van der Waals surface area (Å²) in [7, 11) is 2.02. The van der Waals surface area contributed by atoms with E-state index in [-0.39, 0.29) is 0 Å². The fourth-order valence-corrected chi connectivity index (χ4v) is 2.65. The van der Waals surface area contributed by atoms with Crippen LogP contribution in [0.2, 0.25) is 0 Å². The first-order chi connectivity index (χ1) is 10.3. The smallest absolute Gasteiger partial charge is 0.119 e. The van der Waals surface area contributed by atoms with Crippen molar-refractivity contribution in [3.63, 3.8) is 0 Å². The van der Waals surface area contributed by atoms with Crippen molar-refractivity contribution >= 4 is 0 Å². The highest BCUT2D eigenvalue weighted by molar-refractivity contribution is 5.30. The summed E-state index contributed by atoms with van der Waals surface area (Å²) in [5, 5.41) is 3.31. The third kappa shape index (κ3) is 4.08. The molecule has 1 aliphatic carbocycles. The lowest BCUT2D eigenvalue weighted by molar-refractivity contribution is 0.303. The highest BCUT2D eigenvalue weighted by atomic mass is 16.5. The minimum atomic E-state index is 0.470. The molecular formula is C19H23NO. The Kier molecular flexibility index (Phi) is 4.56. The number of benzene rings is 2. The van der Waals surface area contributed by atoms with Crippen LogP contribution in [0.4, 0.5) is 0 Å². The number of nitrogens with one attached hydrogen (secondary N) is 1. The Balaban J connectivity index is 1.67. The summed E-state index contributed by atoms with van der Waals surface area (Å²) in [6.07, 6.45) is 3.94. The maximum absolute atomic E-state index is 5.81. The fourth-order valence-electron chi connectivity index (χ4n) is 2.65. The van der Waals surface area contributed by atoms with Crippen LogP contribution >= 0.6 is 0 Å². The van der Waals surface area contributed by atoms with Gasteiger partial charge in [0.05, 0.1) is 6.10 Å². The van der Waals surface area contributed by atoms with Gasteiger partial charge in [0.15, 0.2) is 0 Å². The highest BCUT2D eigenvalue weighted by Crippen LogP contribution is 2.27. The van der Waals surface area contributed by atoms with Crippen molar-refractivity contribution < 1.29 is 4.74 Å². The molecule has 1 N–H and O–H groups in total. The SMILES string of the molecule is CNCC(Cc1ccc(OC2CC2)cc1)c1ccccc1. The molecule has 110 valence electrons. The van der Waals surface area contributed by atoms with Crippen molar-refractivity contribution in [3.05, 3.63) is 65.7 Å². The molecule has 0 bridgehead atoms. The van der Waals surface area contributed by atoms with E-state index in [4.69, 9.17) is 4.74 Å². The molecule has 0 aliphatic heterocycles. The van der Waals surface area contributed by atoms with Gasteiger partial charge in [0.25, 0.3) is 0 Å². The van der Waals surface area contributed by atoms with Crippen molar-refractivity contribution in [2.24, 2.45) is 0 Å². The summed E-state index contributed by atoms with van der Waals surface area (Å²) in [4.78, 5) is 0. The molecule has 1 aliphatic rings. The van der Waals surface area contributed by atoms with Crippen LogP contribution in [0.5, 0.6) is 5.75 Å². The van der Waals surface area contributed by atoms with E-state index in [1.54, 1.807) is 0 Å². The Bertz CT molecular complexity index is 546. The van der Waals surface area contributed by atoms with Crippen LogP contribution in [0, 0.1) is 0 Å². The second kappa shape index (κ2) is 6.77. The molecule has 2 nitrogen and oxygen atoms in total. The molecule has 0 spiro atoms. The van der Waals surface area contributed by atoms with Gasteiger partial charge in [-0.2, -0.15) is 0 Å². The Labute approximate surface area is 127 Å². The van der Waals surface area contributed by atoms with Crippen LogP contribution in [0.15, 0.2) is 54.6 Å². The summed E-state index contributed by atoms with van der Waals surface area (Å²) in [6.45, 7) is 0.990. The highest BCUT2D eigenvalue weighted by Gasteiger charge is 2.23. The van der Waals surface area contributed by atoms with Gasteiger partial charge >= 0.3 is 0 Å². The van der Waals surface area contributed by atoms with E-state index in [1.165, 1.54) is 24.0 Å². The van der Waals surface area contributed by atoms with E-state index < -0.39 is 0 Å². The first-order valence-corrected chi connectivity index (χ1v) is 7.80. The molecule has 1 saturated carbocycles. The monoisotopic (exact) mass is 281 g/mol. The summed E-state index contributed by atoms with van der Waals surface area (Å²) in [6, 6.07) is 19.3. The second-order valence-electron chi connectivity index (χ2n) is 5.83. The average Bonchev–Trinajstić information content (AvgIpc) is 3.34. The molecule has 0 radical (unpaired) electrons. The molecule has 2 aromatic carbocycles. The van der Waals surface area contributed by atoms with Crippen molar-refractivity contribution in [2.45, 2.75) is 31.3 Å². The third-order valence-electron chi connectivity index (χ3n) is 3.95. The van der Waals surface area contributed by atoms with Crippen LogP contribution in [0.25, 0.3) is 0 Å². The van der Waals surface area contributed by atoms with Crippen LogP contribution in [0.3, 0.4) is 0 Å². The predicted octanol–water partition coefficient (Wildman–Crippen LogP) is 3.77. The molecular weight excluding hydrogens is 258 g/mol. The van der Waals surface area contributed by atoms with Gasteiger partial charge in [0.2, 0.25) is 0 Å². The molecule has 1 unspecified atom stereocenters. The van der Waals surface area contributed by atoms with Crippen LogP contribution in [-0.4, -0.2) is 19.7 Å². The van der Waals surface area contributed by atoms with Crippen molar-refractivity contribution in [1.29, 1.82) is 0 Å². The molecule has 1 fully saturated rings. The molecule has 2 heteroatoms. The van der Waals surface area contributed by atoms with Crippen molar-refractivity contribution in [2.75, 3.05) is 13.6 Å². The van der Waals surface area contributed by atoms with Gasteiger partial charge in [-0.25, -0.2) is 0 Å². The normalized spacial score (nSPS) is 15.7. The van der Waals surface area contributed by atoms with Crippen LogP contribution < -0.4 is 10.1 Å². The van der Waals surface area contributed by atoms with Crippen molar-refractivity contribution in [3.8, 4) is 5.75 Å². The van der Waals surface area contributed by atoms with Crippen LogP contribution in [-0.2, 0) is 6.42 Å². The van der Waals surface area contributed by atoms with Gasteiger partial charge in [0.1, 0.15) is 5.75 Å². The topological polar surface area (TPSA) is 21.3 Å². The summed E-state index contributed by atoms with van der Waals surface area (Å²) < 4.78 is 5.81. The number of rotatable bonds is 7. The molecule has 21 heavy (non-hydrogen) atoms. The average molecular weight is 281 g/mol. The third-order valence-corrected chi connectivity index (χ3v) is 3.95. The molecule has 0 amide bonds. The molecule has 2 aromatic rings. The minimum absolute atomic E-state index is 0.470. The number of hydrogen-bond acceptors (Lipinski definition) is 2. The first-order valence-electron chi connectivity index (χ1n) is 7.80. The maximum atomic E-state index is 5.81. The lowest BCUT2D eigenvalue weighted by atomic mass is 9.92. The van der Waals surface area contributed by atoms with Gasteiger partial charge in [0, 0.05) is 12.5 Å². The van der Waals surface area contributed by atoms with Gasteiger partial charge < -0.3 is 10.1 Å². The van der Waals surface area contributed by atoms with Crippen molar-refractivity contribution in [1.82, 2.24) is 5.32 Å². The zero-order chi connectivity index (χ0) is 14.5. The summed E-state index contributed by atoms with van der Waals surface area (Å²) in [5.41, 5.74) is 2.76. The Morgan fingerprint density at radius 1 is 1.05 bits per heavy atom. The molecule has 0 saturated heterocycles. The van der Waals surface area contributed by atoms with E-state index in [9.17, 15) is 0 Å². The minimum Gasteiger partial charge on any atom is -0.490 e. The molecule has 0 heterocycles. The Morgan fingerprint density at radius 3 is 2.38 bits per heavy atom. The lowest BCUT2D eigenvalue weighted by Crippen LogP contribution is -2.19. The van der Waals surface area contributed by atoms with Gasteiger partial charge in [-0.05, 0) is 49.6 Å². The standard InChI is InChI=1S/C19H23NO/c1-20-14-17(16-5-3-2-4-6-16)13-15-7-9-18(10-8-15)21-19-11-12-19/h2-10,17,19-20H,11-14H2,1H3. The largest absolute Gasteiger partial charge is 0.490 e. The van der Waals surface area contributed by atoms with E-state index in [1.807, 2.05) is 7.05 Å². The zero-order valence-electron chi connectivity index (χ0n) is 12.6. The lowest BCUT2D eigenvalue weighted by Gasteiger charge is -2.17. The maximum Gasteiger partial charge on any atom is 0.119 e. The Hall–Kier alpha value is -1.80. The quantitative estimate of drug-likeness (QED) is 0.834.